The van der Waals surface area contributed by atoms with Crippen molar-refractivity contribution in [1.82, 2.24) is 10.2 Å². The van der Waals surface area contributed by atoms with Crippen LogP contribution in [0.3, 0.4) is 0 Å². The highest BCUT2D eigenvalue weighted by Crippen LogP contribution is 2.65. The molecule has 7 heteroatoms. The third-order valence-corrected chi connectivity index (χ3v) is 9.31. The van der Waals surface area contributed by atoms with Gasteiger partial charge in [-0.3, -0.25) is 9.69 Å². The predicted molar refractivity (Wildman–Crippen MR) is 137 cm³/mol. The third kappa shape index (κ3) is 3.97. The molecule has 0 amide bonds. The average Bonchev–Trinajstić information content (AvgIpc) is 3.56. The number of phenols is 1. The van der Waals surface area contributed by atoms with Gasteiger partial charge in [0.1, 0.15) is 17.5 Å². The van der Waals surface area contributed by atoms with Crippen molar-refractivity contribution in [2.45, 2.75) is 101 Å². The lowest BCUT2D eigenvalue weighted by Gasteiger charge is -2.59. The van der Waals surface area contributed by atoms with Gasteiger partial charge in [-0.1, -0.05) is 0 Å². The summed E-state index contributed by atoms with van der Waals surface area (Å²) >= 11 is 0. The smallest absolute Gasteiger partial charge is 0.306 e. The lowest BCUT2D eigenvalue weighted by molar-refractivity contribution is -0.154. The molecule has 2 bridgehead atoms. The minimum absolute atomic E-state index is 0.00425. The Bertz CT molecular complexity index is 1030. The Hall–Kier alpha value is -1.99. The number of hydrogen-bond donors (Lipinski definition) is 2. The maximum absolute atomic E-state index is 12.2. The lowest BCUT2D eigenvalue weighted by Crippen LogP contribution is -2.68. The van der Waals surface area contributed by atoms with Gasteiger partial charge in [0, 0.05) is 47.7 Å². The van der Waals surface area contributed by atoms with E-state index in [9.17, 15) is 9.90 Å². The predicted octanol–water partition coefficient (Wildman–Crippen LogP) is 3.93. The first-order valence-electron chi connectivity index (χ1n) is 14.0. The van der Waals surface area contributed by atoms with Crippen molar-refractivity contribution in [3.8, 4) is 17.2 Å². The molecule has 3 aliphatic carbocycles. The van der Waals surface area contributed by atoms with Crippen LogP contribution in [0.15, 0.2) is 6.07 Å². The summed E-state index contributed by atoms with van der Waals surface area (Å²) in [5.41, 5.74) is 1.95. The highest BCUT2D eigenvalue weighted by Gasteiger charge is 2.66. The summed E-state index contributed by atoms with van der Waals surface area (Å²) in [7, 11) is 1.71. The van der Waals surface area contributed by atoms with Gasteiger partial charge in [-0.25, -0.2) is 0 Å². The molecule has 1 saturated heterocycles. The van der Waals surface area contributed by atoms with Crippen molar-refractivity contribution < 1.29 is 24.1 Å². The fourth-order valence-electron chi connectivity index (χ4n) is 7.84. The molecular weight excluding hydrogens is 456 g/mol. The Morgan fingerprint density at radius 3 is 2.81 bits per heavy atom. The van der Waals surface area contributed by atoms with Gasteiger partial charge in [-0.15, -0.1) is 0 Å². The molecule has 7 nitrogen and oxygen atoms in total. The Labute approximate surface area is 214 Å². The first kappa shape index (κ1) is 24.4. The molecule has 198 valence electrons. The lowest BCUT2D eigenvalue weighted by atomic mass is 9.51. The molecule has 2 N–H and O–H groups in total. The van der Waals surface area contributed by atoms with Crippen molar-refractivity contribution >= 4 is 5.97 Å². The Morgan fingerprint density at radius 1 is 1.28 bits per heavy atom. The van der Waals surface area contributed by atoms with Crippen LogP contribution in [0.4, 0.5) is 0 Å². The van der Waals surface area contributed by atoms with Gasteiger partial charge < -0.3 is 24.6 Å². The summed E-state index contributed by atoms with van der Waals surface area (Å²) in [6.45, 7) is 8.78. The number of aromatic hydroxyl groups is 1. The van der Waals surface area contributed by atoms with Crippen molar-refractivity contribution in [2.75, 3.05) is 26.7 Å². The number of nitrogens with zero attached hydrogens (tertiary/aromatic N) is 1. The van der Waals surface area contributed by atoms with E-state index in [1.165, 1.54) is 30.5 Å². The van der Waals surface area contributed by atoms with Crippen LogP contribution in [0.25, 0.3) is 0 Å². The van der Waals surface area contributed by atoms with E-state index < -0.39 is 5.60 Å². The molecule has 6 rings (SSSR count). The molecule has 1 aromatic rings. The normalized spacial score (nSPS) is 32.6. The van der Waals surface area contributed by atoms with Gasteiger partial charge >= 0.3 is 5.97 Å². The van der Waals surface area contributed by atoms with Gasteiger partial charge in [0.15, 0.2) is 11.5 Å². The fraction of sp³-hybridized carbons (Fsp3) is 0.759. The fourth-order valence-corrected chi connectivity index (χ4v) is 7.84. The summed E-state index contributed by atoms with van der Waals surface area (Å²) in [5.74, 6) is 2.97. The number of hydrogen-bond acceptors (Lipinski definition) is 7. The molecule has 1 spiro atoms. The van der Waals surface area contributed by atoms with E-state index in [1.54, 1.807) is 13.2 Å². The summed E-state index contributed by atoms with van der Waals surface area (Å²) in [6.07, 6.45) is 8.15. The van der Waals surface area contributed by atoms with E-state index in [-0.39, 0.29) is 29.3 Å². The van der Waals surface area contributed by atoms with Crippen LogP contribution in [-0.4, -0.2) is 66.5 Å². The highest BCUT2D eigenvalue weighted by molar-refractivity contribution is 5.69. The maximum Gasteiger partial charge on any atom is 0.306 e. The van der Waals surface area contributed by atoms with Crippen LogP contribution >= 0.6 is 0 Å². The van der Waals surface area contributed by atoms with E-state index in [1.807, 2.05) is 20.8 Å². The number of benzene rings is 1. The molecule has 2 saturated carbocycles. The molecule has 36 heavy (non-hydrogen) atoms. The topological polar surface area (TPSA) is 80.3 Å². The highest BCUT2D eigenvalue weighted by atomic mass is 16.6. The van der Waals surface area contributed by atoms with Crippen molar-refractivity contribution in [2.24, 2.45) is 11.8 Å². The Morgan fingerprint density at radius 2 is 2.08 bits per heavy atom. The summed E-state index contributed by atoms with van der Waals surface area (Å²) in [4.78, 5) is 14.9. The molecule has 0 aromatic heterocycles. The number of methoxy groups -OCH3 is 1. The second kappa shape index (κ2) is 8.80. The van der Waals surface area contributed by atoms with E-state index in [2.05, 4.69) is 10.2 Å². The minimum atomic E-state index is -0.446. The van der Waals surface area contributed by atoms with Crippen molar-refractivity contribution in [3.63, 3.8) is 0 Å². The van der Waals surface area contributed by atoms with Crippen LogP contribution in [0.5, 0.6) is 17.2 Å². The summed E-state index contributed by atoms with van der Waals surface area (Å²) in [6, 6.07) is 2.46. The number of rotatable bonds is 8. The SMILES string of the molecule is COc1cc(O)c2c3c1C[C@@H]1[C@@H]4CC[C@H](NCCCC(=O)OC(C)(C)C)[C@H](O2)[C@]34CCN1CC1CC1. The van der Waals surface area contributed by atoms with Gasteiger partial charge in [0.25, 0.3) is 0 Å². The third-order valence-electron chi connectivity index (χ3n) is 9.31. The number of nitrogens with one attached hydrogen (secondary N) is 1. The molecule has 1 aromatic carbocycles. The quantitative estimate of drug-likeness (QED) is 0.415. The zero-order chi connectivity index (χ0) is 25.2. The van der Waals surface area contributed by atoms with Crippen molar-refractivity contribution in [1.29, 1.82) is 0 Å². The zero-order valence-corrected chi connectivity index (χ0v) is 22.3. The molecule has 0 unspecified atom stereocenters. The largest absolute Gasteiger partial charge is 0.504 e. The van der Waals surface area contributed by atoms with Crippen LogP contribution in [0.1, 0.15) is 76.8 Å². The molecule has 5 aliphatic rings. The van der Waals surface area contributed by atoms with Gasteiger partial charge in [-0.2, -0.15) is 0 Å². The van der Waals surface area contributed by atoms with Gasteiger partial charge in [0.05, 0.1) is 7.11 Å². The number of carbonyl (C=O) groups is 1. The molecule has 2 heterocycles. The van der Waals surface area contributed by atoms with Crippen LogP contribution in [0, 0.1) is 11.8 Å². The van der Waals surface area contributed by atoms with Crippen LogP contribution in [-0.2, 0) is 21.4 Å². The molecule has 0 radical (unpaired) electrons. The molecule has 3 fully saturated rings. The molecular formula is C29H42N2O5. The number of piperidine rings is 1. The van der Waals surface area contributed by atoms with Crippen LogP contribution in [0.2, 0.25) is 0 Å². The number of esters is 1. The first-order chi connectivity index (χ1) is 17.2. The maximum atomic E-state index is 12.2. The van der Waals surface area contributed by atoms with Crippen LogP contribution < -0.4 is 14.8 Å². The van der Waals surface area contributed by atoms with E-state index in [0.29, 0.717) is 24.1 Å². The van der Waals surface area contributed by atoms with Gasteiger partial charge in [-0.05, 0) is 90.6 Å². The number of likely N-dealkylation sites (tertiary alicyclic amines) is 1. The van der Waals surface area contributed by atoms with Gasteiger partial charge in [0.2, 0.25) is 0 Å². The molecule has 5 atom stereocenters. The second-order valence-corrected chi connectivity index (χ2v) is 12.8. The number of ether oxygens (including phenoxy) is 3. The van der Waals surface area contributed by atoms with Crippen molar-refractivity contribution in [3.05, 3.63) is 17.2 Å². The molecule has 2 aliphatic heterocycles. The average molecular weight is 499 g/mol. The summed E-state index contributed by atoms with van der Waals surface area (Å²) < 4.78 is 18.0. The standard InChI is InChI=1S/C29H42N2O5/c1-28(2,3)36-24(33)6-5-12-30-20-10-9-19-21-14-18-23(34-4)15-22(32)26-25(18)29(19,27(20)35-26)11-13-31(21)16-17-7-8-17/h15,17,19-21,27,30,32H,5-14,16H2,1-4H3/t19-,20-,21+,27-,29-/m0/s1. The Kier molecular flexibility index (Phi) is 5.95. The monoisotopic (exact) mass is 498 g/mol. The number of phenolic OH excluding ortho intramolecular Hbond substituents is 1. The minimum Gasteiger partial charge on any atom is -0.504 e. The first-order valence-corrected chi connectivity index (χ1v) is 14.0. The zero-order valence-electron chi connectivity index (χ0n) is 22.3. The van der Waals surface area contributed by atoms with E-state index >= 15 is 0 Å². The number of carbonyl (C=O) groups excluding carboxylic acids is 1. The Balaban J connectivity index is 1.25. The van der Waals surface area contributed by atoms with E-state index in [0.717, 1.165) is 56.9 Å². The van der Waals surface area contributed by atoms with E-state index in [4.69, 9.17) is 14.2 Å². The summed E-state index contributed by atoms with van der Waals surface area (Å²) in [5, 5.41) is 14.7. The second-order valence-electron chi connectivity index (χ2n) is 12.8.